The van der Waals surface area contributed by atoms with Gasteiger partial charge in [0.15, 0.2) is 0 Å². The highest BCUT2D eigenvalue weighted by atomic mass is 35.5. The molecule has 0 radical (unpaired) electrons. The fraction of sp³-hybridized carbons (Fsp3) is 0.444. The molecule has 0 aromatic heterocycles. The number of benzene rings is 1. The number of amides is 2. The number of rotatable bonds is 6. The Hall–Kier alpha value is -2.05. The van der Waals surface area contributed by atoms with E-state index >= 15 is 0 Å². The van der Waals surface area contributed by atoms with Gasteiger partial charge in [0.2, 0.25) is 0 Å². The standard InChI is InChI=1S/C18H24ClN3O3/c1-5-21(3)11-14-15(17(23)25-6-2)16(20-18(24)22(14)4)12-7-9-13(19)10-8-12/h7-10,16H,5-6,11H2,1-4H3,(H,20,24). The molecule has 1 aromatic carbocycles. The summed E-state index contributed by atoms with van der Waals surface area (Å²) in [6, 6.07) is 6.26. The molecule has 2 amide bonds. The van der Waals surface area contributed by atoms with E-state index in [-0.39, 0.29) is 12.6 Å². The molecule has 1 heterocycles. The van der Waals surface area contributed by atoms with Crippen molar-refractivity contribution in [2.75, 3.05) is 33.8 Å². The van der Waals surface area contributed by atoms with E-state index in [1.54, 1.807) is 38.2 Å². The van der Waals surface area contributed by atoms with Gasteiger partial charge in [-0.2, -0.15) is 0 Å². The van der Waals surface area contributed by atoms with Crippen molar-refractivity contribution in [1.29, 1.82) is 0 Å². The van der Waals surface area contributed by atoms with Gasteiger partial charge >= 0.3 is 12.0 Å². The third kappa shape index (κ3) is 4.32. The number of nitrogens with one attached hydrogen (secondary N) is 1. The zero-order valence-electron chi connectivity index (χ0n) is 15.0. The molecule has 0 fully saturated rings. The third-order valence-electron chi connectivity index (χ3n) is 4.24. The van der Waals surface area contributed by atoms with E-state index in [2.05, 4.69) is 5.32 Å². The Balaban J connectivity index is 2.56. The number of carbonyl (C=O) groups is 2. The lowest BCUT2D eigenvalue weighted by Crippen LogP contribution is -2.49. The molecule has 7 heteroatoms. The van der Waals surface area contributed by atoms with Gasteiger partial charge in [-0.05, 0) is 38.2 Å². The molecule has 1 aromatic rings. The van der Waals surface area contributed by atoms with E-state index < -0.39 is 12.0 Å². The van der Waals surface area contributed by atoms with E-state index in [1.807, 2.05) is 18.9 Å². The van der Waals surface area contributed by atoms with E-state index in [4.69, 9.17) is 16.3 Å². The van der Waals surface area contributed by atoms with E-state index in [0.717, 1.165) is 12.1 Å². The monoisotopic (exact) mass is 365 g/mol. The fourth-order valence-electron chi connectivity index (χ4n) is 2.67. The summed E-state index contributed by atoms with van der Waals surface area (Å²) >= 11 is 5.96. The predicted octanol–water partition coefficient (Wildman–Crippen LogP) is 2.81. The maximum atomic E-state index is 12.7. The Bertz CT molecular complexity index is 673. The smallest absolute Gasteiger partial charge is 0.338 e. The molecule has 2 rings (SSSR count). The highest BCUT2D eigenvalue weighted by Gasteiger charge is 2.36. The van der Waals surface area contributed by atoms with Gasteiger partial charge < -0.3 is 15.0 Å². The first-order valence-corrected chi connectivity index (χ1v) is 8.65. The molecule has 1 unspecified atom stereocenters. The van der Waals surface area contributed by atoms with Crippen molar-refractivity contribution in [3.63, 3.8) is 0 Å². The van der Waals surface area contributed by atoms with Gasteiger partial charge in [-0.1, -0.05) is 30.7 Å². The molecule has 1 aliphatic heterocycles. The number of carbonyl (C=O) groups excluding carboxylic acids is 2. The Labute approximate surface area is 153 Å². The van der Waals surface area contributed by atoms with Crippen molar-refractivity contribution in [1.82, 2.24) is 15.1 Å². The van der Waals surface area contributed by atoms with Crippen molar-refractivity contribution < 1.29 is 14.3 Å². The van der Waals surface area contributed by atoms with Crippen molar-refractivity contribution in [2.45, 2.75) is 19.9 Å². The van der Waals surface area contributed by atoms with E-state index in [0.29, 0.717) is 22.8 Å². The molecule has 1 N–H and O–H groups in total. The highest BCUT2D eigenvalue weighted by molar-refractivity contribution is 6.30. The Kier molecular flexibility index (Phi) is 6.45. The van der Waals surface area contributed by atoms with Gasteiger partial charge in [0.1, 0.15) is 0 Å². The SMILES string of the molecule is CCOC(=O)C1=C(CN(C)CC)N(C)C(=O)NC1c1ccc(Cl)cc1. The average molecular weight is 366 g/mol. The maximum absolute atomic E-state index is 12.7. The van der Waals surface area contributed by atoms with Crippen LogP contribution in [-0.4, -0.2) is 55.6 Å². The Morgan fingerprint density at radius 1 is 1.32 bits per heavy atom. The summed E-state index contributed by atoms with van der Waals surface area (Å²) in [6.45, 7) is 5.31. The molecular weight excluding hydrogens is 342 g/mol. The number of ether oxygens (including phenoxy) is 1. The van der Waals surface area contributed by atoms with Crippen LogP contribution in [0.1, 0.15) is 25.5 Å². The third-order valence-corrected chi connectivity index (χ3v) is 4.49. The van der Waals surface area contributed by atoms with Crippen LogP contribution in [-0.2, 0) is 9.53 Å². The number of likely N-dealkylation sites (N-methyl/N-ethyl adjacent to an activating group) is 2. The molecule has 0 saturated carbocycles. The largest absolute Gasteiger partial charge is 0.463 e. The number of urea groups is 1. The molecule has 0 saturated heterocycles. The Morgan fingerprint density at radius 3 is 2.52 bits per heavy atom. The second kappa shape index (κ2) is 8.36. The second-order valence-corrected chi connectivity index (χ2v) is 6.34. The number of esters is 1. The number of hydrogen-bond acceptors (Lipinski definition) is 4. The van der Waals surface area contributed by atoms with Crippen LogP contribution in [0.25, 0.3) is 0 Å². The lowest BCUT2D eigenvalue weighted by molar-refractivity contribution is -0.139. The van der Waals surface area contributed by atoms with Crippen LogP contribution in [0.15, 0.2) is 35.5 Å². The highest BCUT2D eigenvalue weighted by Crippen LogP contribution is 2.31. The summed E-state index contributed by atoms with van der Waals surface area (Å²) in [5, 5.41) is 3.47. The summed E-state index contributed by atoms with van der Waals surface area (Å²) in [7, 11) is 3.60. The minimum Gasteiger partial charge on any atom is -0.463 e. The summed E-state index contributed by atoms with van der Waals surface area (Å²) in [4.78, 5) is 28.6. The van der Waals surface area contributed by atoms with Crippen LogP contribution >= 0.6 is 11.6 Å². The molecule has 1 atom stereocenters. The zero-order valence-corrected chi connectivity index (χ0v) is 15.8. The zero-order chi connectivity index (χ0) is 18.6. The quantitative estimate of drug-likeness (QED) is 0.787. The van der Waals surface area contributed by atoms with E-state index in [1.165, 1.54) is 4.90 Å². The first kappa shape index (κ1) is 19.3. The maximum Gasteiger partial charge on any atom is 0.338 e. The molecule has 6 nitrogen and oxygen atoms in total. The Morgan fingerprint density at radius 2 is 1.96 bits per heavy atom. The summed E-state index contributed by atoms with van der Waals surface area (Å²) in [5.74, 6) is -0.422. The molecule has 136 valence electrons. The van der Waals surface area contributed by atoms with E-state index in [9.17, 15) is 9.59 Å². The fourth-order valence-corrected chi connectivity index (χ4v) is 2.80. The van der Waals surface area contributed by atoms with Crippen LogP contribution in [0.4, 0.5) is 4.79 Å². The van der Waals surface area contributed by atoms with Crippen molar-refractivity contribution in [3.8, 4) is 0 Å². The first-order valence-electron chi connectivity index (χ1n) is 8.27. The van der Waals surface area contributed by atoms with Gasteiger partial charge in [-0.25, -0.2) is 9.59 Å². The van der Waals surface area contributed by atoms with Crippen LogP contribution in [0.3, 0.4) is 0 Å². The average Bonchev–Trinajstić information content (AvgIpc) is 2.59. The number of hydrogen-bond donors (Lipinski definition) is 1. The van der Waals surface area contributed by atoms with Gasteiger partial charge in [0.05, 0.1) is 18.2 Å². The summed E-state index contributed by atoms with van der Waals surface area (Å²) < 4.78 is 5.27. The molecule has 1 aliphatic rings. The van der Waals surface area contributed by atoms with Crippen molar-refractivity contribution in [2.24, 2.45) is 0 Å². The molecule has 0 spiro atoms. The predicted molar refractivity (Wildman–Crippen MR) is 97.3 cm³/mol. The van der Waals surface area contributed by atoms with Crippen LogP contribution in [0.2, 0.25) is 5.02 Å². The van der Waals surface area contributed by atoms with Crippen LogP contribution in [0, 0.1) is 0 Å². The van der Waals surface area contributed by atoms with Crippen LogP contribution in [0.5, 0.6) is 0 Å². The van der Waals surface area contributed by atoms with Crippen molar-refractivity contribution in [3.05, 3.63) is 46.1 Å². The lowest BCUT2D eigenvalue weighted by Gasteiger charge is -2.36. The summed E-state index contributed by atoms with van der Waals surface area (Å²) in [5.41, 5.74) is 1.88. The first-order chi connectivity index (χ1) is 11.9. The normalized spacial score (nSPS) is 17.8. The number of halogens is 1. The topological polar surface area (TPSA) is 61.9 Å². The van der Waals surface area contributed by atoms with Gasteiger partial charge in [-0.15, -0.1) is 0 Å². The van der Waals surface area contributed by atoms with Gasteiger partial charge in [0.25, 0.3) is 0 Å². The molecule has 25 heavy (non-hydrogen) atoms. The number of nitrogens with zero attached hydrogens (tertiary/aromatic N) is 2. The van der Waals surface area contributed by atoms with Gasteiger partial charge in [0, 0.05) is 24.3 Å². The van der Waals surface area contributed by atoms with Gasteiger partial charge in [-0.3, -0.25) is 4.90 Å². The second-order valence-electron chi connectivity index (χ2n) is 5.90. The minimum atomic E-state index is -0.569. The van der Waals surface area contributed by atoms with Crippen molar-refractivity contribution >= 4 is 23.6 Å². The summed E-state index contributed by atoms with van der Waals surface area (Å²) in [6.07, 6.45) is 0. The molecule has 0 aliphatic carbocycles. The molecular formula is C18H24ClN3O3. The van der Waals surface area contributed by atoms with Crippen LogP contribution < -0.4 is 5.32 Å². The molecule has 0 bridgehead atoms. The minimum absolute atomic E-state index is 0.257. The lowest BCUT2D eigenvalue weighted by atomic mass is 9.94.